The maximum atomic E-state index is 13.5. The van der Waals surface area contributed by atoms with Gasteiger partial charge in [-0.3, -0.25) is 4.79 Å². The number of nitrogens with zero attached hydrogens (tertiary/aromatic N) is 4. The Morgan fingerprint density at radius 3 is 2.50 bits per heavy atom. The van der Waals surface area contributed by atoms with Crippen LogP contribution in [0.3, 0.4) is 0 Å². The van der Waals surface area contributed by atoms with E-state index in [2.05, 4.69) is 49.3 Å². The van der Waals surface area contributed by atoms with E-state index < -0.39 is 0 Å². The molecule has 5 rings (SSSR count). The summed E-state index contributed by atoms with van der Waals surface area (Å²) in [5, 5.41) is 5.44. The monoisotopic (exact) mass is 402 g/mol. The molecule has 3 heterocycles. The van der Waals surface area contributed by atoms with Crippen molar-refractivity contribution in [2.45, 2.75) is 57.9 Å². The normalized spacial score (nSPS) is 17.8. The standard InChI is InChI=1S/C25H30N4O/c1-17(2)29-24-22(16-26-29)21(15-23(27-24)20-8-9-20)25(30)28-12-10-19(11-13-28)14-18-6-4-3-5-7-18/h3-7,15-17,19-20H,8-14H2,1-2H3. The topological polar surface area (TPSA) is 51.0 Å². The summed E-state index contributed by atoms with van der Waals surface area (Å²) >= 11 is 0. The van der Waals surface area contributed by atoms with Gasteiger partial charge in [-0.05, 0) is 63.5 Å². The van der Waals surface area contributed by atoms with E-state index in [0.29, 0.717) is 11.8 Å². The van der Waals surface area contributed by atoms with Gasteiger partial charge in [0.05, 0.1) is 17.1 Å². The van der Waals surface area contributed by atoms with Crippen LogP contribution in [0.5, 0.6) is 0 Å². The number of pyridine rings is 1. The average Bonchev–Trinajstić information content (AvgIpc) is 3.52. The molecule has 1 aliphatic carbocycles. The van der Waals surface area contributed by atoms with E-state index in [4.69, 9.17) is 4.98 Å². The van der Waals surface area contributed by atoms with E-state index in [0.717, 1.165) is 54.6 Å². The van der Waals surface area contributed by atoms with E-state index in [1.54, 1.807) is 0 Å². The van der Waals surface area contributed by atoms with Gasteiger partial charge in [0.2, 0.25) is 0 Å². The lowest BCUT2D eigenvalue weighted by molar-refractivity contribution is 0.0692. The summed E-state index contributed by atoms with van der Waals surface area (Å²) in [6.45, 7) is 5.88. The van der Waals surface area contributed by atoms with Crippen molar-refractivity contribution in [3.05, 3.63) is 59.4 Å². The van der Waals surface area contributed by atoms with Gasteiger partial charge in [0.1, 0.15) is 0 Å². The lowest BCUT2D eigenvalue weighted by atomic mass is 9.90. The zero-order valence-electron chi connectivity index (χ0n) is 17.9. The average molecular weight is 403 g/mol. The van der Waals surface area contributed by atoms with Crippen LogP contribution in [0, 0.1) is 5.92 Å². The molecule has 30 heavy (non-hydrogen) atoms. The number of hydrogen-bond acceptors (Lipinski definition) is 3. The number of fused-ring (bicyclic) bond motifs is 1. The molecule has 0 N–H and O–H groups in total. The van der Waals surface area contributed by atoms with Gasteiger partial charge in [0.15, 0.2) is 5.65 Å². The minimum Gasteiger partial charge on any atom is -0.339 e. The second-order valence-electron chi connectivity index (χ2n) is 9.21. The minimum atomic E-state index is 0.144. The van der Waals surface area contributed by atoms with Crippen LogP contribution >= 0.6 is 0 Å². The van der Waals surface area contributed by atoms with Gasteiger partial charge in [-0.1, -0.05) is 30.3 Å². The maximum absolute atomic E-state index is 13.5. The Morgan fingerprint density at radius 2 is 1.83 bits per heavy atom. The van der Waals surface area contributed by atoms with Gasteiger partial charge < -0.3 is 4.90 Å². The number of aromatic nitrogens is 3. The fourth-order valence-electron chi connectivity index (χ4n) is 4.64. The van der Waals surface area contributed by atoms with Crippen LogP contribution in [-0.2, 0) is 6.42 Å². The molecule has 5 nitrogen and oxygen atoms in total. The summed E-state index contributed by atoms with van der Waals surface area (Å²) in [4.78, 5) is 20.5. The highest BCUT2D eigenvalue weighted by Gasteiger charge is 2.30. The minimum absolute atomic E-state index is 0.144. The highest BCUT2D eigenvalue weighted by molar-refractivity contribution is 6.05. The molecule has 1 amide bonds. The Balaban J connectivity index is 1.36. The molecule has 0 radical (unpaired) electrons. The number of hydrogen-bond donors (Lipinski definition) is 0. The molecule has 2 aromatic heterocycles. The predicted molar refractivity (Wildman–Crippen MR) is 119 cm³/mol. The Hall–Kier alpha value is -2.69. The fourth-order valence-corrected chi connectivity index (χ4v) is 4.64. The summed E-state index contributed by atoms with van der Waals surface area (Å²) in [6.07, 6.45) is 7.41. The molecule has 5 heteroatoms. The second-order valence-corrected chi connectivity index (χ2v) is 9.21. The van der Waals surface area contributed by atoms with Gasteiger partial charge in [0.25, 0.3) is 5.91 Å². The van der Waals surface area contributed by atoms with E-state index >= 15 is 0 Å². The van der Waals surface area contributed by atoms with Crippen LogP contribution in [0.25, 0.3) is 11.0 Å². The van der Waals surface area contributed by atoms with Gasteiger partial charge >= 0.3 is 0 Å². The van der Waals surface area contributed by atoms with Gasteiger partial charge in [0, 0.05) is 30.7 Å². The van der Waals surface area contributed by atoms with Crippen LogP contribution in [0.4, 0.5) is 0 Å². The number of carbonyl (C=O) groups is 1. The summed E-state index contributed by atoms with van der Waals surface area (Å²) < 4.78 is 1.95. The Bertz CT molecular complexity index is 1040. The smallest absolute Gasteiger partial charge is 0.254 e. The molecular weight excluding hydrogens is 372 g/mol. The van der Waals surface area contributed by atoms with E-state index in [1.165, 1.54) is 18.4 Å². The number of carbonyl (C=O) groups excluding carboxylic acids is 1. The number of benzene rings is 1. The molecule has 1 saturated heterocycles. The van der Waals surface area contributed by atoms with Crippen molar-refractivity contribution in [3.8, 4) is 0 Å². The highest BCUT2D eigenvalue weighted by atomic mass is 16.2. The maximum Gasteiger partial charge on any atom is 0.254 e. The number of piperidine rings is 1. The first-order chi connectivity index (χ1) is 14.6. The van der Waals surface area contributed by atoms with Crippen LogP contribution < -0.4 is 0 Å². The number of likely N-dealkylation sites (tertiary alicyclic amines) is 1. The molecule has 0 unspecified atom stereocenters. The Morgan fingerprint density at radius 1 is 1.10 bits per heavy atom. The van der Waals surface area contributed by atoms with Crippen LogP contribution in [0.15, 0.2) is 42.6 Å². The van der Waals surface area contributed by atoms with Gasteiger partial charge in [-0.25, -0.2) is 9.67 Å². The molecule has 2 fully saturated rings. The largest absolute Gasteiger partial charge is 0.339 e. The molecule has 1 saturated carbocycles. The van der Waals surface area contributed by atoms with Crippen LogP contribution in [0.2, 0.25) is 0 Å². The van der Waals surface area contributed by atoms with Crippen molar-refractivity contribution >= 4 is 16.9 Å². The summed E-state index contributed by atoms with van der Waals surface area (Å²) in [5.41, 5.74) is 4.10. The summed E-state index contributed by atoms with van der Waals surface area (Å²) in [5.74, 6) is 1.30. The quantitative estimate of drug-likeness (QED) is 0.604. The lowest BCUT2D eigenvalue weighted by Gasteiger charge is -2.32. The van der Waals surface area contributed by atoms with E-state index in [9.17, 15) is 4.79 Å². The first-order valence-electron chi connectivity index (χ1n) is 11.3. The third kappa shape index (κ3) is 3.73. The Labute approximate surface area is 178 Å². The van der Waals surface area contributed by atoms with E-state index in [-0.39, 0.29) is 11.9 Å². The van der Waals surface area contributed by atoms with Crippen LogP contribution in [-0.4, -0.2) is 38.7 Å². The second kappa shape index (κ2) is 7.86. The zero-order valence-corrected chi connectivity index (χ0v) is 17.9. The van der Waals surface area contributed by atoms with Crippen molar-refractivity contribution in [3.63, 3.8) is 0 Å². The summed E-state index contributed by atoms with van der Waals surface area (Å²) in [7, 11) is 0. The molecular formula is C25H30N4O. The lowest BCUT2D eigenvalue weighted by Crippen LogP contribution is -2.39. The molecule has 156 valence electrons. The first kappa shape index (κ1) is 19.3. The van der Waals surface area contributed by atoms with Crippen molar-refractivity contribution in [1.82, 2.24) is 19.7 Å². The molecule has 2 aliphatic rings. The van der Waals surface area contributed by atoms with Crippen molar-refractivity contribution < 1.29 is 4.79 Å². The molecule has 0 atom stereocenters. The first-order valence-corrected chi connectivity index (χ1v) is 11.3. The number of rotatable bonds is 5. The van der Waals surface area contributed by atoms with Crippen molar-refractivity contribution in [2.24, 2.45) is 5.92 Å². The van der Waals surface area contributed by atoms with Crippen molar-refractivity contribution in [1.29, 1.82) is 0 Å². The van der Waals surface area contributed by atoms with Crippen molar-refractivity contribution in [2.75, 3.05) is 13.1 Å². The molecule has 3 aromatic rings. The van der Waals surface area contributed by atoms with Gasteiger partial charge in [-0.2, -0.15) is 5.10 Å². The predicted octanol–water partition coefficient (Wildman–Crippen LogP) is 4.98. The number of amides is 1. The van der Waals surface area contributed by atoms with E-state index in [1.807, 2.05) is 21.8 Å². The SMILES string of the molecule is CC(C)n1ncc2c(C(=O)N3CCC(Cc4ccccc4)CC3)cc(C3CC3)nc21. The molecule has 0 bridgehead atoms. The Kier molecular flexibility index (Phi) is 5.05. The molecule has 1 aromatic carbocycles. The fraction of sp³-hybridized carbons (Fsp3) is 0.480. The highest BCUT2D eigenvalue weighted by Crippen LogP contribution is 2.40. The molecule has 1 aliphatic heterocycles. The third-order valence-corrected chi connectivity index (χ3v) is 6.57. The van der Waals surface area contributed by atoms with Gasteiger partial charge in [-0.15, -0.1) is 0 Å². The van der Waals surface area contributed by atoms with Crippen LogP contribution in [0.1, 0.15) is 73.1 Å². The third-order valence-electron chi connectivity index (χ3n) is 6.57. The summed E-state index contributed by atoms with van der Waals surface area (Å²) in [6, 6.07) is 13.0. The zero-order chi connectivity index (χ0) is 20.7. The molecule has 0 spiro atoms.